The van der Waals surface area contributed by atoms with E-state index in [1.807, 2.05) is 0 Å². The second-order valence-electron chi connectivity index (χ2n) is 10.7. The summed E-state index contributed by atoms with van der Waals surface area (Å²) in [6.07, 6.45) is -4.49. The zero-order chi connectivity index (χ0) is 33.5. The Morgan fingerprint density at radius 2 is 1.76 bits per heavy atom. The Labute approximate surface area is 253 Å². The number of nitrogens with one attached hydrogen (secondary N) is 3. The summed E-state index contributed by atoms with van der Waals surface area (Å²) in [6.45, 7) is 4.56. The number of anilines is 2. The number of fused-ring (bicyclic) bond motifs is 1. The molecular weight excluding hydrogens is 603 g/mol. The summed E-state index contributed by atoms with van der Waals surface area (Å²) in [5.74, 6) is -4.47. The summed E-state index contributed by atoms with van der Waals surface area (Å²) in [7, 11) is 0. The Hall–Kier alpha value is -5.13. The van der Waals surface area contributed by atoms with Crippen LogP contribution < -0.4 is 32.6 Å². The van der Waals surface area contributed by atoms with Gasteiger partial charge in [-0.1, -0.05) is 0 Å². The first-order valence-electron chi connectivity index (χ1n) is 13.5. The van der Waals surface area contributed by atoms with Gasteiger partial charge in [-0.3, -0.25) is 29.1 Å². The Bertz CT molecular complexity index is 1620. The topological polar surface area (TPSA) is 228 Å². The molecule has 2 heterocycles. The van der Waals surface area contributed by atoms with Crippen LogP contribution in [0.25, 0.3) is 11.2 Å². The van der Waals surface area contributed by atoms with Crippen molar-refractivity contribution in [2.45, 2.75) is 58.0 Å². The van der Waals surface area contributed by atoms with Gasteiger partial charge in [-0.05, 0) is 51.5 Å². The molecule has 0 unspecified atom stereocenters. The minimum absolute atomic E-state index is 0.0695. The lowest BCUT2D eigenvalue weighted by Gasteiger charge is -2.25. The number of aromatic nitrogens is 4. The highest BCUT2D eigenvalue weighted by atomic mass is 19.4. The molecule has 3 amide bonds. The van der Waals surface area contributed by atoms with Gasteiger partial charge in [-0.25, -0.2) is 14.8 Å². The van der Waals surface area contributed by atoms with Crippen LogP contribution in [0, 0.1) is 0 Å². The molecule has 0 aliphatic rings. The van der Waals surface area contributed by atoms with Gasteiger partial charge in [0.25, 0.3) is 11.5 Å². The van der Waals surface area contributed by atoms with E-state index in [4.69, 9.17) is 16.2 Å². The fraction of sp³-hybridized carbons (Fsp3) is 0.407. The lowest BCUT2D eigenvalue weighted by Crippen LogP contribution is -2.45. The average Bonchev–Trinajstić information content (AvgIpc) is 2.95. The Balaban J connectivity index is 1.85. The summed E-state index contributed by atoms with van der Waals surface area (Å²) in [5, 5.41) is 5.04. The van der Waals surface area contributed by atoms with Gasteiger partial charge in [0, 0.05) is 30.8 Å². The largest absolute Gasteiger partial charge is 0.471 e. The number of alkyl halides is 3. The second-order valence-corrected chi connectivity index (χ2v) is 10.7. The molecule has 2 aromatic heterocycles. The van der Waals surface area contributed by atoms with Crippen molar-refractivity contribution in [1.82, 2.24) is 30.6 Å². The number of carbonyl (C=O) groups is 4. The van der Waals surface area contributed by atoms with Crippen LogP contribution in [0.4, 0.5) is 24.8 Å². The molecular formula is C27H32F3N9O6. The molecule has 242 valence electrons. The maximum Gasteiger partial charge on any atom is 0.471 e. The molecule has 0 spiro atoms. The smallest absolute Gasteiger partial charge is 0.458 e. The van der Waals surface area contributed by atoms with Crippen LogP contribution in [0.15, 0.2) is 35.3 Å². The summed E-state index contributed by atoms with van der Waals surface area (Å²) >= 11 is 0. The number of halogens is 3. The van der Waals surface area contributed by atoms with Crippen LogP contribution in [0.3, 0.4) is 0 Å². The Kier molecular flexibility index (Phi) is 10.8. The zero-order valence-electron chi connectivity index (χ0n) is 24.5. The van der Waals surface area contributed by atoms with Gasteiger partial charge < -0.3 is 26.8 Å². The minimum Gasteiger partial charge on any atom is -0.458 e. The van der Waals surface area contributed by atoms with Crippen molar-refractivity contribution in [3.05, 3.63) is 52.1 Å². The number of benzene rings is 1. The van der Waals surface area contributed by atoms with E-state index in [0.717, 1.165) is 30.5 Å². The average molecular weight is 636 g/mol. The lowest BCUT2D eigenvalue weighted by atomic mass is 10.1. The van der Waals surface area contributed by atoms with Crippen LogP contribution in [-0.4, -0.2) is 74.5 Å². The normalized spacial score (nSPS) is 12.3. The van der Waals surface area contributed by atoms with E-state index in [-0.39, 0.29) is 60.0 Å². The fourth-order valence-electron chi connectivity index (χ4n) is 3.87. The van der Waals surface area contributed by atoms with Gasteiger partial charge in [0.1, 0.15) is 11.6 Å². The number of amides is 3. The van der Waals surface area contributed by atoms with Gasteiger partial charge in [0.2, 0.25) is 11.9 Å². The number of nitrogen functional groups attached to an aromatic ring is 1. The SMILES string of the molecule is CC(C)(C)OC(=O)[C@H](CCC(=O)NCCN)NC(=O)c1ccc(N(Cc2cnc3nc(N)[nH]c(=O)c3n2)C(=O)C(F)(F)F)cc1. The molecule has 0 aliphatic carbocycles. The van der Waals surface area contributed by atoms with Crippen LogP contribution >= 0.6 is 0 Å². The van der Waals surface area contributed by atoms with Crippen molar-refractivity contribution in [1.29, 1.82) is 0 Å². The molecule has 0 aliphatic heterocycles. The number of hydrogen-bond donors (Lipinski definition) is 5. The summed E-state index contributed by atoms with van der Waals surface area (Å²) in [4.78, 5) is 76.6. The van der Waals surface area contributed by atoms with Crippen molar-refractivity contribution in [2.24, 2.45) is 5.73 Å². The standard InChI is InChI=1S/C27H32F3N9O6/c1-26(2,3)45-23(43)17(8-9-18(40)33-11-10-31)36-21(41)14-4-6-16(7-5-14)39(24(44)27(28,29)30)13-15-12-34-20-19(35-15)22(42)38-25(32)37-20/h4-7,12,17H,8-11,13,31H2,1-3H3,(H,33,40)(H,36,41)(H3,32,34,37,38,42)/t17-/m0/s1. The molecule has 0 bridgehead atoms. The van der Waals surface area contributed by atoms with Crippen LogP contribution in [0.1, 0.15) is 49.7 Å². The highest BCUT2D eigenvalue weighted by Gasteiger charge is 2.43. The number of ether oxygens (including phenoxy) is 1. The number of carbonyl (C=O) groups excluding carboxylic acids is 4. The van der Waals surface area contributed by atoms with E-state index < -0.39 is 53.6 Å². The first-order chi connectivity index (χ1) is 21.0. The molecule has 7 N–H and O–H groups in total. The maximum absolute atomic E-state index is 13.5. The fourth-order valence-corrected chi connectivity index (χ4v) is 3.87. The Morgan fingerprint density at radius 3 is 2.36 bits per heavy atom. The van der Waals surface area contributed by atoms with E-state index in [1.54, 1.807) is 20.8 Å². The number of nitrogens with zero attached hydrogens (tertiary/aromatic N) is 4. The van der Waals surface area contributed by atoms with E-state index in [9.17, 15) is 37.1 Å². The molecule has 0 fully saturated rings. The monoisotopic (exact) mass is 635 g/mol. The number of nitrogens with two attached hydrogens (primary N) is 2. The number of rotatable bonds is 11. The molecule has 0 saturated carbocycles. The molecule has 0 radical (unpaired) electrons. The van der Waals surface area contributed by atoms with Gasteiger partial charge in [0.15, 0.2) is 11.2 Å². The predicted octanol–water partition coefficient (Wildman–Crippen LogP) is 0.686. The molecule has 18 heteroatoms. The summed E-state index contributed by atoms with van der Waals surface area (Å²) in [6, 6.07) is 3.23. The van der Waals surface area contributed by atoms with Crippen LogP contribution in [-0.2, 0) is 25.7 Å². The molecule has 3 aromatic rings. The minimum atomic E-state index is -5.29. The van der Waals surface area contributed by atoms with E-state index in [1.165, 1.54) is 0 Å². The molecule has 15 nitrogen and oxygen atoms in total. The van der Waals surface area contributed by atoms with Gasteiger partial charge in [0.05, 0.1) is 18.4 Å². The van der Waals surface area contributed by atoms with Crippen molar-refractivity contribution in [3.8, 4) is 0 Å². The number of aromatic amines is 1. The highest BCUT2D eigenvalue weighted by molar-refractivity contribution is 5.99. The first kappa shape index (κ1) is 34.4. The second kappa shape index (κ2) is 14.1. The van der Waals surface area contributed by atoms with Crippen molar-refractivity contribution >= 4 is 46.5 Å². The quantitative estimate of drug-likeness (QED) is 0.184. The predicted molar refractivity (Wildman–Crippen MR) is 154 cm³/mol. The Morgan fingerprint density at radius 1 is 1.09 bits per heavy atom. The van der Waals surface area contributed by atoms with Gasteiger partial charge >= 0.3 is 18.1 Å². The third-order valence-electron chi connectivity index (χ3n) is 5.86. The third-order valence-corrected chi connectivity index (χ3v) is 5.86. The van der Waals surface area contributed by atoms with E-state index >= 15 is 0 Å². The molecule has 1 atom stereocenters. The first-order valence-corrected chi connectivity index (χ1v) is 13.5. The number of esters is 1. The molecule has 3 rings (SSSR count). The highest BCUT2D eigenvalue weighted by Crippen LogP contribution is 2.26. The van der Waals surface area contributed by atoms with Crippen LogP contribution in [0.2, 0.25) is 0 Å². The maximum atomic E-state index is 13.5. The molecule has 1 aromatic carbocycles. The summed E-state index contributed by atoms with van der Waals surface area (Å²) in [5.41, 5.74) is 8.20. The third kappa shape index (κ3) is 9.68. The lowest BCUT2D eigenvalue weighted by molar-refractivity contribution is -0.170. The number of H-pyrrole nitrogens is 1. The van der Waals surface area contributed by atoms with Gasteiger partial charge in [-0.15, -0.1) is 0 Å². The summed E-state index contributed by atoms with van der Waals surface area (Å²) < 4.78 is 46.0. The zero-order valence-corrected chi connectivity index (χ0v) is 24.5. The van der Waals surface area contributed by atoms with Crippen molar-refractivity contribution < 1.29 is 37.1 Å². The van der Waals surface area contributed by atoms with Crippen LogP contribution in [0.5, 0.6) is 0 Å². The van der Waals surface area contributed by atoms with E-state index in [0.29, 0.717) is 4.90 Å². The van der Waals surface area contributed by atoms with Crippen molar-refractivity contribution in [2.75, 3.05) is 23.7 Å². The van der Waals surface area contributed by atoms with E-state index in [2.05, 4.69) is 30.6 Å². The molecule has 0 saturated heterocycles. The number of hydrogen-bond acceptors (Lipinski definition) is 11. The van der Waals surface area contributed by atoms with Gasteiger partial charge in [-0.2, -0.15) is 18.2 Å². The van der Waals surface area contributed by atoms with Crippen molar-refractivity contribution in [3.63, 3.8) is 0 Å². The molecule has 45 heavy (non-hydrogen) atoms.